The van der Waals surface area contributed by atoms with Gasteiger partial charge in [-0.2, -0.15) is 0 Å². The van der Waals surface area contributed by atoms with Crippen molar-refractivity contribution < 1.29 is 24.5 Å². The summed E-state index contributed by atoms with van der Waals surface area (Å²) in [5, 5.41) is 6.06. The number of pyridine rings is 2. The molecule has 5 nitrogen and oxygen atoms in total. The molecule has 0 atom stereocenters. The molecule has 7 heteroatoms. The van der Waals surface area contributed by atoms with Crippen LogP contribution in [0.25, 0.3) is 83.3 Å². The Kier molecular flexibility index (Phi) is 15.2. The second-order valence-electron chi connectivity index (χ2n) is 20.8. The van der Waals surface area contributed by atoms with Crippen molar-refractivity contribution in [1.29, 1.82) is 0 Å². The number of aromatic nitrogens is 4. The first-order chi connectivity index (χ1) is 33.2. The van der Waals surface area contributed by atoms with E-state index in [1.165, 1.54) is 49.5 Å². The van der Waals surface area contributed by atoms with E-state index in [1.54, 1.807) is 0 Å². The molecule has 4 heterocycles. The van der Waals surface area contributed by atoms with Crippen LogP contribution in [0.5, 0.6) is 0 Å². The topological polar surface area (TPSA) is 56.7 Å². The van der Waals surface area contributed by atoms with Gasteiger partial charge >= 0.3 is 0 Å². The maximum atomic E-state index is 6.31. The summed E-state index contributed by atoms with van der Waals surface area (Å²) in [5.41, 5.74) is 15.4. The molecule has 0 bridgehead atoms. The van der Waals surface area contributed by atoms with Gasteiger partial charge in [0.2, 0.25) is 5.71 Å². The molecule has 0 amide bonds. The van der Waals surface area contributed by atoms with Gasteiger partial charge in [0.15, 0.2) is 0 Å². The Labute approximate surface area is 430 Å². The standard InChI is InChI=1S/C45H42N3O.C18H24NSi.Ir/c1-7-29(8-2)39-21-20-35-38-24-33(19-22-42(38)49-45(35)47-39)44-46-40-15-11-12-16-41(40)48(44)43-36(27(3)4)25-34(26-37(43)28(5)6)32-18-17-30-13-9-10-14-31(30)23-32;1-14(2)11-16-12-17(15-9-7-6-8-10-15)19-13-18(16)20(3,4)5;/h9-18,20-29H,7-8H2,1-6H3;6-9,12-14H,11H2,1-5H3;/q2*-1;. The van der Waals surface area contributed by atoms with E-state index in [4.69, 9.17) is 14.4 Å². The average Bonchev–Trinajstić information content (AvgIpc) is 3.91. The molecule has 0 fully saturated rings. The van der Waals surface area contributed by atoms with Gasteiger partial charge in [-0.3, -0.25) is 4.98 Å². The van der Waals surface area contributed by atoms with Crippen LogP contribution in [0.3, 0.4) is 0 Å². The average molecular weight is 1120 g/mol. The summed E-state index contributed by atoms with van der Waals surface area (Å²) in [6, 6.07) is 54.3. The van der Waals surface area contributed by atoms with Gasteiger partial charge in [-0.15, -0.1) is 59.7 Å². The molecule has 0 saturated carbocycles. The Hall–Kier alpha value is -5.98. The van der Waals surface area contributed by atoms with Crippen LogP contribution >= 0.6 is 0 Å². The van der Waals surface area contributed by atoms with Crippen LogP contribution in [0.15, 0.2) is 144 Å². The molecular weight excluding hydrogens is 1050 g/mol. The van der Waals surface area contributed by atoms with Crippen molar-refractivity contribution in [3.05, 3.63) is 174 Å². The Morgan fingerprint density at radius 2 is 1.36 bits per heavy atom. The number of benzene rings is 6. The number of rotatable bonds is 12. The van der Waals surface area contributed by atoms with Gasteiger partial charge in [-0.05, 0) is 123 Å². The van der Waals surface area contributed by atoms with Gasteiger partial charge < -0.3 is 14.0 Å². The van der Waals surface area contributed by atoms with Crippen molar-refractivity contribution in [2.24, 2.45) is 5.92 Å². The Morgan fingerprint density at radius 3 is 2.03 bits per heavy atom. The molecule has 0 N–H and O–H groups in total. The van der Waals surface area contributed by atoms with Crippen LogP contribution in [-0.4, -0.2) is 27.6 Å². The van der Waals surface area contributed by atoms with Gasteiger partial charge in [0.1, 0.15) is 0 Å². The summed E-state index contributed by atoms with van der Waals surface area (Å²) < 4.78 is 8.69. The first-order valence-electron chi connectivity index (χ1n) is 25.1. The molecule has 0 unspecified atom stereocenters. The minimum atomic E-state index is -1.34. The summed E-state index contributed by atoms with van der Waals surface area (Å²) in [7, 11) is -1.34. The molecule has 0 aliphatic carbocycles. The molecule has 0 saturated heterocycles. The number of hydrogen-bond donors (Lipinski definition) is 0. The fraction of sp³-hybridized carbons (Fsp3) is 0.286. The molecule has 10 rings (SSSR count). The second kappa shape index (κ2) is 21.2. The fourth-order valence-corrected chi connectivity index (χ4v) is 11.5. The van der Waals surface area contributed by atoms with E-state index in [2.05, 4.69) is 212 Å². The third-order valence-corrected chi connectivity index (χ3v) is 15.7. The van der Waals surface area contributed by atoms with Gasteiger partial charge in [0.05, 0.1) is 30.5 Å². The molecule has 0 aliphatic rings. The van der Waals surface area contributed by atoms with Crippen molar-refractivity contribution in [1.82, 2.24) is 19.5 Å². The summed E-state index contributed by atoms with van der Waals surface area (Å²) >= 11 is 0. The molecule has 70 heavy (non-hydrogen) atoms. The Bertz CT molecular complexity index is 3400. The van der Waals surface area contributed by atoms with Crippen LogP contribution in [0.4, 0.5) is 0 Å². The zero-order valence-corrected chi connectivity index (χ0v) is 46.1. The molecule has 1 radical (unpaired) electrons. The van der Waals surface area contributed by atoms with E-state index in [1.807, 2.05) is 24.3 Å². The molecule has 359 valence electrons. The van der Waals surface area contributed by atoms with Gasteiger partial charge in [-0.25, -0.2) is 4.98 Å². The van der Waals surface area contributed by atoms with E-state index in [0.717, 1.165) is 75.0 Å². The van der Waals surface area contributed by atoms with Crippen molar-refractivity contribution in [2.45, 2.75) is 112 Å². The van der Waals surface area contributed by atoms with Crippen molar-refractivity contribution >= 4 is 57.1 Å². The Balaban J connectivity index is 0.000000264. The largest absolute Gasteiger partial charge is 0.486 e. The zero-order chi connectivity index (χ0) is 48.6. The number of imidazole rings is 1. The summed E-state index contributed by atoms with van der Waals surface area (Å²) in [6.45, 7) is 25.4. The Morgan fingerprint density at radius 1 is 0.657 bits per heavy atom. The number of para-hydroxylation sites is 2. The molecule has 4 aromatic heterocycles. The van der Waals surface area contributed by atoms with Gasteiger partial charge in [-0.1, -0.05) is 141 Å². The number of hydrogen-bond acceptors (Lipinski definition) is 4. The minimum absolute atomic E-state index is 0. The smallest absolute Gasteiger partial charge is 0.216 e. The van der Waals surface area contributed by atoms with E-state index in [-0.39, 0.29) is 31.9 Å². The predicted molar refractivity (Wildman–Crippen MR) is 295 cm³/mol. The van der Waals surface area contributed by atoms with Crippen molar-refractivity contribution in [2.75, 3.05) is 0 Å². The molecular formula is C63H66IrN4OSi-2. The molecule has 0 aliphatic heterocycles. The molecule has 6 aromatic carbocycles. The predicted octanol–water partition coefficient (Wildman–Crippen LogP) is 17.0. The number of fused-ring (bicyclic) bond motifs is 5. The zero-order valence-electron chi connectivity index (χ0n) is 42.7. The van der Waals surface area contributed by atoms with Crippen LogP contribution in [0, 0.1) is 18.1 Å². The summed E-state index contributed by atoms with van der Waals surface area (Å²) in [4.78, 5) is 14.9. The van der Waals surface area contributed by atoms with Crippen molar-refractivity contribution in [3.63, 3.8) is 0 Å². The maximum Gasteiger partial charge on any atom is 0.216 e. The monoisotopic (exact) mass is 1120 g/mol. The van der Waals surface area contributed by atoms with Crippen LogP contribution in [0.2, 0.25) is 19.6 Å². The normalized spacial score (nSPS) is 11.9. The molecule has 10 aromatic rings. The van der Waals surface area contributed by atoms with Crippen LogP contribution in [0.1, 0.15) is 108 Å². The van der Waals surface area contributed by atoms with Crippen LogP contribution < -0.4 is 5.19 Å². The van der Waals surface area contributed by atoms with Gasteiger partial charge in [0, 0.05) is 49.0 Å². The first-order valence-corrected chi connectivity index (χ1v) is 28.6. The van der Waals surface area contributed by atoms with E-state index >= 15 is 0 Å². The molecule has 0 spiro atoms. The number of nitrogens with zero attached hydrogens (tertiary/aromatic N) is 4. The summed E-state index contributed by atoms with van der Waals surface area (Å²) in [6.07, 6.45) is 5.36. The van der Waals surface area contributed by atoms with Crippen molar-refractivity contribution in [3.8, 4) is 39.5 Å². The third-order valence-electron chi connectivity index (χ3n) is 13.6. The third kappa shape index (κ3) is 10.3. The maximum absolute atomic E-state index is 6.31. The van der Waals surface area contributed by atoms with Gasteiger partial charge in [0.25, 0.3) is 0 Å². The summed E-state index contributed by atoms with van der Waals surface area (Å²) in [5.74, 6) is 2.53. The fourth-order valence-electron chi connectivity index (χ4n) is 9.95. The van der Waals surface area contributed by atoms with E-state index in [9.17, 15) is 0 Å². The SMILES string of the molecule is CC(C)Cc1cc(-c2[c-]cccc2)ncc1[Si](C)(C)C.CCC(CC)c1ccc2c(n1)oc1c[c-]c(-c3nc4ccccc4n3-c3c(C(C)C)cc(-c4ccc5ccccc5c4)cc3C(C)C)cc12.[Ir]. The van der Waals surface area contributed by atoms with E-state index in [0.29, 0.717) is 17.5 Å². The number of furan rings is 1. The quantitative estimate of drug-likeness (QED) is 0.0904. The first kappa shape index (κ1) is 50.4. The minimum Gasteiger partial charge on any atom is -0.486 e. The second-order valence-corrected chi connectivity index (χ2v) is 25.9. The van der Waals surface area contributed by atoms with E-state index < -0.39 is 8.07 Å². The van der Waals surface area contributed by atoms with Crippen LogP contribution in [-0.2, 0) is 26.5 Å².